The zero-order valence-electron chi connectivity index (χ0n) is 9.83. The van der Waals surface area contributed by atoms with Crippen LogP contribution >= 0.6 is 27.5 Å². The quantitative estimate of drug-likeness (QED) is 0.613. The third-order valence-corrected chi connectivity index (χ3v) is 2.82. The Morgan fingerprint density at radius 3 is 2.89 bits per heavy atom. The van der Waals surface area contributed by atoms with E-state index in [4.69, 9.17) is 26.8 Å². The van der Waals surface area contributed by atoms with Gasteiger partial charge in [0.05, 0.1) is 16.8 Å². The molecule has 100 valence electrons. The Hall–Kier alpha value is -0.980. The zero-order valence-corrected chi connectivity index (χ0v) is 12.2. The van der Waals surface area contributed by atoms with Gasteiger partial charge in [-0.05, 0) is 28.1 Å². The fraction of sp³-hybridized carbons (Fsp3) is 0.364. The van der Waals surface area contributed by atoms with Gasteiger partial charge < -0.3 is 20.5 Å². The fourth-order valence-corrected chi connectivity index (χ4v) is 2.16. The van der Waals surface area contributed by atoms with Crippen molar-refractivity contribution in [3.05, 3.63) is 21.6 Å². The van der Waals surface area contributed by atoms with Crippen molar-refractivity contribution in [3.63, 3.8) is 0 Å². The minimum atomic E-state index is -0.242. The molecule has 0 aromatic heterocycles. The number of ether oxygens (including phenoxy) is 2. The van der Waals surface area contributed by atoms with E-state index in [0.717, 1.165) is 0 Å². The van der Waals surface area contributed by atoms with Crippen LogP contribution in [0.5, 0.6) is 5.75 Å². The lowest BCUT2D eigenvalue weighted by molar-refractivity contribution is -0.123. The summed E-state index contributed by atoms with van der Waals surface area (Å²) in [4.78, 5) is 11.4. The number of nitrogen functional groups attached to an aromatic ring is 1. The van der Waals surface area contributed by atoms with E-state index in [1.807, 2.05) is 0 Å². The molecule has 5 nitrogen and oxygen atoms in total. The summed E-state index contributed by atoms with van der Waals surface area (Å²) in [5.41, 5.74) is 6.11. The van der Waals surface area contributed by atoms with E-state index in [1.165, 1.54) is 0 Å². The SMILES string of the molecule is COCCNC(=O)COc1c(N)cc(Cl)cc1Br. The molecule has 0 aliphatic carbocycles. The van der Waals surface area contributed by atoms with E-state index >= 15 is 0 Å². The number of amides is 1. The molecule has 0 saturated carbocycles. The Kier molecular flexibility index (Phi) is 6.24. The number of carbonyl (C=O) groups is 1. The number of carbonyl (C=O) groups excluding carboxylic acids is 1. The second kappa shape index (κ2) is 7.45. The van der Waals surface area contributed by atoms with E-state index in [2.05, 4.69) is 21.2 Å². The number of hydrogen-bond acceptors (Lipinski definition) is 4. The van der Waals surface area contributed by atoms with Gasteiger partial charge in [-0.15, -0.1) is 0 Å². The molecular weight excluding hydrogens is 323 g/mol. The van der Waals surface area contributed by atoms with Crippen LogP contribution in [-0.2, 0) is 9.53 Å². The molecule has 0 spiro atoms. The predicted molar refractivity (Wildman–Crippen MR) is 73.9 cm³/mol. The number of methoxy groups -OCH3 is 1. The second-order valence-electron chi connectivity index (χ2n) is 3.44. The molecule has 0 bridgehead atoms. The van der Waals surface area contributed by atoms with Crippen LogP contribution in [0.15, 0.2) is 16.6 Å². The van der Waals surface area contributed by atoms with Gasteiger partial charge in [0.15, 0.2) is 12.4 Å². The number of benzene rings is 1. The van der Waals surface area contributed by atoms with Crippen LogP contribution in [0.25, 0.3) is 0 Å². The summed E-state index contributed by atoms with van der Waals surface area (Å²) in [5, 5.41) is 3.13. The minimum Gasteiger partial charge on any atom is -0.480 e. The summed E-state index contributed by atoms with van der Waals surface area (Å²) >= 11 is 9.08. The summed E-state index contributed by atoms with van der Waals surface area (Å²) in [6, 6.07) is 3.21. The Balaban J connectivity index is 2.51. The molecule has 1 amide bonds. The van der Waals surface area contributed by atoms with Gasteiger partial charge in [0.25, 0.3) is 5.91 Å². The zero-order chi connectivity index (χ0) is 13.5. The number of nitrogens with two attached hydrogens (primary N) is 1. The van der Waals surface area contributed by atoms with Crippen molar-refractivity contribution in [1.82, 2.24) is 5.32 Å². The molecule has 0 radical (unpaired) electrons. The Labute approximate surface area is 119 Å². The number of halogens is 2. The molecule has 7 heteroatoms. The van der Waals surface area contributed by atoms with Crippen LogP contribution in [0.1, 0.15) is 0 Å². The first-order valence-corrected chi connectivity index (χ1v) is 6.34. The van der Waals surface area contributed by atoms with Gasteiger partial charge in [0.1, 0.15) is 0 Å². The molecule has 1 aromatic carbocycles. The van der Waals surface area contributed by atoms with Gasteiger partial charge in [-0.25, -0.2) is 0 Å². The van der Waals surface area contributed by atoms with Gasteiger partial charge in [-0.2, -0.15) is 0 Å². The van der Waals surface area contributed by atoms with E-state index in [1.54, 1.807) is 19.2 Å². The van der Waals surface area contributed by atoms with Crippen molar-refractivity contribution in [2.24, 2.45) is 0 Å². The summed E-state index contributed by atoms with van der Waals surface area (Å²) < 4.78 is 10.7. The first kappa shape index (κ1) is 15.1. The molecule has 18 heavy (non-hydrogen) atoms. The van der Waals surface area contributed by atoms with Crippen molar-refractivity contribution in [3.8, 4) is 5.75 Å². The smallest absolute Gasteiger partial charge is 0.258 e. The number of hydrogen-bond donors (Lipinski definition) is 2. The lowest BCUT2D eigenvalue weighted by atomic mass is 10.3. The van der Waals surface area contributed by atoms with Gasteiger partial charge >= 0.3 is 0 Å². The molecule has 0 heterocycles. The number of rotatable bonds is 6. The Morgan fingerprint density at radius 1 is 1.56 bits per heavy atom. The van der Waals surface area contributed by atoms with Crippen LogP contribution < -0.4 is 15.8 Å². The summed E-state index contributed by atoms with van der Waals surface area (Å²) in [5.74, 6) is 0.162. The van der Waals surface area contributed by atoms with Gasteiger partial charge in [-0.1, -0.05) is 11.6 Å². The van der Waals surface area contributed by atoms with E-state index in [0.29, 0.717) is 34.1 Å². The first-order chi connectivity index (χ1) is 8.54. The highest BCUT2D eigenvalue weighted by Crippen LogP contribution is 2.34. The van der Waals surface area contributed by atoms with Crippen LogP contribution in [0.3, 0.4) is 0 Å². The molecule has 0 aliphatic heterocycles. The molecular formula is C11H14BrClN2O3. The first-order valence-electron chi connectivity index (χ1n) is 5.17. The van der Waals surface area contributed by atoms with E-state index in [-0.39, 0.29) is 12.5 Å². The van der Waals surface area contributed by atoms with E-state index in [9.17, 15) is 4.79 Å². The highest BCUT2D eigenvalue weighted by Gasteiger charge is 2.10. The van der Waals surface area contributed by atoms with Crippen LogP contribution in [-0.4, -0.2) is 32.8 Å². The molecule has 1 aromatic rings. The van der Waals surface area contributed by atoms with Crippen molar-refractivity contribution < 1.29 is 14.3 Å². The maximum absolute atomic E-state index is 11.4. The van der Waals surface area contributed by atoms with Crippen LogP contribution in [0.2, 0.25) is 5.02 Å². The molecule has 1 rings (SSSR count). The Morgan fingerprint density at radius 2 is 2.28 bits per heavy atom. The summed E-state index contributed by atoms with van der Waals surface area (Å²) in [6.07, 6.45) is 0. The fourth-order valence-electron chi connectivity index (χ4n) is 1.21. The average molecular weight is 338 g/mol. The second-order valence-corrected chi connectivity index (χ2v) is 4.73. The summed E-state index contributed by atoms with van der Waals surface area (Å²) in [6.45, 7) is 0.780. The molecule has 0 saturated heterocycles. The molecule has 3 N–H and O–H groups in total. The highest BCUT2D eigenvalue weighted by molar-refractivity contribution is 9.10. The van der Waals surface area contributed by atoms with Crippen LogP contribution in [0, 0.1) is 0 Å². The number of anilines is 1. The Bertz CT molecular complexity index is 406. The number of nitrogens with one attached hydrogen (secondary N) is 1. The molecule has 0 aliphatic rings. The maximum Gasteiger partial charge on any atom is 0.258 e. The monoisotopic (exact) mass is 336 g/mol. The average Bonchev–Trinajstić information content (AvgIpc) is 2.27. The maximum atomic E-state index is 11.4. The topological polar surface area (TPSA) is 73.6 Å². The minimum absolute atomic E-state index is 0.117. The van der Waals surface area contributed by atoms with Crippen LogP contribution in [0.4, 0.5) is 5.69 Å². The molecule has 0 atom stereocenters. The van der Waals surface area contributed by atoms with Gasteiger partial charge in [0, 0.05) is 18.7 Å². The predicted octanol–water partition coefficient (Wildman–Crippen LogP) is 1.83. The van der Waals surface area contributed by atoms with Gasteiger partial charge in [0.2, 0.25) is 0 Å². The van der Waals surface area contributed by atoms with Gasteiger partial charge in [-0.3, -0.25) is 4.79 Å². The highest BCUT2D eigenvalue weighted by atomic mass is 79.9. The van der Waals surface area contributed by atoms with Crippen molar-refractivity contribution in [1.29, 1.82) is 0 Å². The standard InChI is InChI=1S/C11H14BrClN2O3/c1-17-3-2-15-10(16)6-18-11-8(12)4-7(13)5-9(11)14/h4-5H,2-3,6,14H2,1H3,(H,15,16). The molecule has 0 unspecified atom stereocenters. The van der Waals surface area contributed by atoms with Crippen molar-refractivity contribution >= 4 is 39.1 Å². The normalized spacial score (nSPS) is 10.2. The van der Waals surface area contributed by atoms with E-state index < -0.39 is 0 Å². The largest absolute Gasteiger partial charge is 0.480 e. The third kappa shape index (κ3) is 4.72. The molecule has 0 fully saturated rings. The lowest BCUT2D eigenvalue weighted by Gasteiger charge is -2.11. The van der Waals surface area contributed by atoms with Crippen molar-refractivity contribution in [2.45, 2.75) is 0 Å². The lowest BCUT2D eigenvalue weighted by Crippen LogP contribution is -2.31. The summed E-state index contributed by atoms with van der Waals surface area (Å²) in [7, 11) is 1.56. The third-order valence-electron chi connectivity index (χ3n) is 2.01. The van der Waals surface area contributed by atoms with Crippen molar-refractivity contribution in [2.75, 3.05) is 32.6 Å².